The van der Waals surface area contributed by atoms with Crippen LogP contribution >= 0.6 is 0 Å². The molecular weight excluding hydrogens is 524 g/mol. The van der Waals surface area contributed by atoms with E-state index in [-0.39, 0.29) is 36.5 Å². The third-order valence-electron chi connectivity index (χ3n) is 6.70. The Bertz CT molecular complexity index is 1440. The van der Waals surface area contributed by atoms with Crippen LogP contribution in [0.5, 0.6) is 11.5 Å². The topological polar surface area (TPSA) is 97.7 Å². The van der Waals surface area contributed by atoms with Crippen molar-refractivity contribution in [1.29, 1.82) is 0 Å². The van der Waals surface area contributed by atoms with Crippen molar-refractivity contribution in [3.8, 4) is 11.5 Å². The van der Waals surface area contributed by atoms with Gasteiger partial charge in [-0.3, -0.25) is 9.59 Å². The number of rotatable bonds is 8. The summed E-state index contributed by atoms with van der Waals surface area (Å²) in [4.78, 5) is 27.4. The van der Waals surface area contributed by atoms with Gasteiger partial charge >= 0.3 is 0 Å². The summed E-state index contributed by atoms with van der Waals surface area (Å²) in [6.45, 7) is 9.72. The molecule has 1 amide bonds. The average Bonchev–Trinajstić information content (AvgIpc) is 3.29. The quantitative estimate of drug-likeness (QED) is 0.276. The van der Waals surface area contributed by atoms with Gasteiger partial charge in [-0.1, -0.05) is 26.6 Å². The van der Waals surface area contributed by atoms with Crippen molar-refractivity contribution in [2.75, 3.05) is 35.2 Å². The van der Waals surface area contributed by atoms with Crippen LogP contribution in [0.15, 0.2) is 36.5 Å². The number of hydrogen-bond donors (Lipinski definition) is 2. The molecule has 0 saturated heterocycles. The Balaban J connectivity index is 1.55. The Kier molecular flexibility index (Phi) is 7.16. The molecule has 2 aliphatic rings. The number of carbonyl (C=O) groups is 2. The SMILES string of the molecule is CC1CN(c2ccc3c(c2Oc2ccc(F)cc2F)NC(=O)CN3)c2cnn(COCC[Si](C)(C)C)c2C1=O. The number of ether oxygens (including phenoxy) is 2. The van der Waals surface area contributed by atoms with Gasteiger partial charge in [-0.2, -0.15) is 5.10 Å². The smallest absolute Gasteiger partial charge is 0.243 e. The highest BCUT2D eigenvalue weighted by molar-refractivity contribution is 6.76. The molecule has 9 nitrogen and oxygen atoms in total. The van der Waals surface area contributed by atoms with E-state index in [0.29, 0.717) is 41.6 Å². The lowest BCUT2D eigenvalue weighted by atomic mass is 9.96. The minimum Gasteiger partial charge on any atom is -0.450 e. The van der Waals surface area contributed by atoms with E-state index in [0.717, 1.165) is 18.2 Å². The summed E-state index contributed by atoms with van der Waals surface area (Å²) in [6, 6.07) is 7.55. The van der Waals surface area contributed by atoms with Gasteiger partial charge in [0.2, 0.25) is 5.91 Å². The second kappa shape index (κ2) is 10.4. The minimum atomic E-state index is -1.28. The first kappa shape index (κ1) is 26.8. The molecule has 1 atom stereocenters. The van der Waals surface area contributed by atoms with Crippen molar-refractivity contribution in [1.82, 2.24) is 9.78 Å². The van der Waals surface area contributed by atoms with Gasteiger partial charge in [-0.15, -0.1) is 0 Å². The first-order valence-electron chi connectivity index (χ1n) is 12.8. The molecule has 12 heteroatoms. The van der Waals surface area contributed by atoms with Crippen LogP contribution in [0, 0.1) is 17.6 Å². The number of Topliss-reactive ketones (excluding diaryl/α,β-unsaturated/α-hetero) is 1. The molecule has 0 radical (unpaired) electrons. The van der Waals surface area contributed by atoms with E-state index in [1.54, 1.807) is 23.0 Å². The standard InChI is InChI=1S/C27H31F2N5O4Si/c1-16-14-33(21-12-31-34(25(21)26(16)36)15-37-9-10-39(2,3)4)20-7-6-19-24(32-23(35)13-30-19)27(20)38-22-8-5-17(28)11-18(22)29/h5-8,11-12,16,30H,9-10,13-15H2,1-4H3,(H,32,35). The molecule has 0 saturated carbocycles. The Labute approximate surface area is 226 Å². The summed E-state index contributed by atoms with van der Waals surface area (Å²) in [5, 5.41) is 10.3. The van der Waals surface area contributed by atoms with Crippen molar-refractivity contribution in [3.05, 3.63) is 53.9 Å². The summed E-state index contributed by atoms with van der Waals surface area (Å²) in [5.74, 6) is -2.43. The molecule has 0 aliphatic carbocycles. The number of nitrogens with zero attached hydrogens (tertiary/aromatic N) is 3. The number of nitrogens with one attached hydrogen (secondary N) is 2. The van der Waals surface area contributed by atoms with E-state index in [1.165, 1.54) is 6.07 Å². The van der Waals surface area contributed by atoms with Gasteiger partial charge in [0.05, 0.1) is 29.8 Å². The monoisotopic (exact) mass is 555 g/mol. The molecule has 1 unspecified atom stereocenters. The number of aromatic nitrogens is 2. The van der Waals surface area contributed by atoms with E-state index in [2.05, 4.69) is 35.4 Å². The highest BCUT2D eigenvalue weighted by Crippen LogP contribution is 2.48. The number of anilines is 4. The van der Waals surface area contributed by atoms with Crippen LogP contribution in [0.2, 0.25) is 25.7 Å². The summed E-state index contributed by atoms with van der Waals surface area (Å²) in [7, 11) is -1.28. The summed E-state index contributed by atoms with van der Waals surface area (Å²) >= 11 is 0. The fraction of sp³-hybridized carbons (Fsp3) is 0.370. The second-order valence-electron chi connectivity index (χ2n) is 11.0. The highest BCUT2D eigenvalue weighted by Gasteiger charge is 2.36. The zero-order valence-corrected chi connectivity index (χ0v) is 23.3. The first-order valence-corrected chi connectivity index (χ1v) is 16.5. The zero-order chi connectivity index (χ0) is 27.9. The normalized spacial score (nSPS) is 16.9. The van der Waals surface area contributed by atoms with E-state index >= 15 is 0 Å². The van der Waals surface area contributed by atoms with Crippen molar-refractivity contribution in [3.63, 3.8) is 0 Å². The summed E-state index contributed by atoms with van der Waals surface area (Å²) in [6.07, 6.45) is 1.60. The summed E-state index contributed by atoms with van der Waals surface area (Å²) in [5.41, 5.74) is 2.34. The number of benzene rings is 2. The molecule has 5 rings (SSSR count). The lowest BCUT2D eigenvalue weighted by molar-refractivity contribution is -0.114. The van der Waals surface area contributed by atoms with Crippen LogP contribution in [0.1, 0.15) is 17.4 Å². The van der Waals surface area contributed by atoms with Crippen LogP contribution in [0.3, 0.4) is 0 Å². The van der Waals surface area contributed by atoms with Crippen LogP contribution in [-0.2, 0) is 16.3 Å². The largest absolute Gasteiger partial charge is 0.450 e. The van der Waals surface area contributed by atoms with Gasteiger partial charge in [-0.05, 0) is 30.3 Å². The Morgan fingerprint density at radius 2 is 1.92 bits per heavy atom. The average molecular weight is 556 g/mol. The Morgan fingerprint density at radius 3 is 2.67 bits per heavy atom. The van der Waals surface area contributed by atoms with Crippen LogP contribution < -0.4 is 20.3 Å². The third-order valence-corrected chi connectivity index (χ3v) is 8.40. The number of hydrogen-bond acceptors (Lipinski definition) is 7. The molecule has 39 heavy (non-hydrogen) atoms. The first-order chi connectivity index (χ1) is 18.5. The number of fused-ring (bicyclic) bond motifs is 2. The van der Waals surface area contributed by atoms with Crippen molar-refractivity contribution in [2.45, 2.75) is 39.3 Å². The van der Waals surface area contributed by atoms with E-state index < -0.39 is 25.6 Å². The number of ketones is 1. The maximum absolute atomic E-state index is 14.6. The molecule has 3 heterocycles. The second-order valence-corrected chi connectivity index (χ2v) is 16.6. The highest BCUT2D eigenvalue weighted by atomic mass is 28.3. The molecular formula is C27H31F2N5O4Si. The number of carbonyl (C=O) groups excluding carboxylic acids is 2. The predicted octanol–water partition coefficient (Wildman–Crippen LogP) is 5.60. The van der Waals surface area contributed by atoms with E-state index in [1.807, 2.05) is 11.8 Å². The molecule has 206 valence electrons. The molecule has 2 aromatic carbocycles. The van der Waals surface area contributed by atoms with Gasteiger partial charge in [0, 0.05) is 33.2 Å². The molecule has 1 aromatic heterocycles. The molecule has 2 N–H and O–H groups in total. The number of amides is 1. The number of halogens is 2. The van der Waals surface area contributed by atoms with Gasteiger partial charge in [-0.25, -0.2) is 13.5 Å². The van der Waals surface area contributed by atoms with Crippen LogP contribution in [0.4, 0.5) is 31.5 Å². The Morgan fingerprint density at radius 1 is 1.13 bits per heavy atom. The predicted molar refractivity (Wildman–Crippen MR) is 147 cm³/mol. The van der Waals surface area contributed by atoms with Gasteiger partial charge in [0.1, 0.15) is 23.9 Å². The third kappa shape index (κ3) is 5.52. The van der Waals surface area contributed by atoms with Crippen molar-refractivity contribution >= 4 is 42.5 Å². The molecule has 0 spiro atoms. The zero-order valence-electron chi connectivity index (χ0n) is 22.3. The molecule has 0 bridgehead atoms. The van der Waals surface area contributed by atoms with E-state index in [9.17, 15) is 18.4 Å². The van der Waals surface area contributed by atoms with Gasteiger partial charge in [0.25, 0.3) is 0 Å². The fourth-order valence-electron chi connectivity index (χ4n) is 4.56. The molecule has 2 aliphatic heterocycles. The maximum atomic E-state index is 14.6. The minimum absolute atomic E-state index is 0.0625. The van der Waals surface area contributed by atoms with Crippen LogP contribution in [-0.4, -0.2) is 49.2 Å². The van der Waals surface area contributed by atoms with Gasteiger partial charge in [0.15, 0.2) is 23.1 Å². The summed E-state index contributed by atoms with van der Waals surface area (Å²) < 4.78 is 41.7. The van der Waals surface area contributed by atoms with Crippen molar-refractivity contribution in [2.24, 2.45) is 5.92 Å². The van der Waals surface area contributed by atoms with Gasteiger partial charge < -0.3 is 25.0 Å². The lowest BCUT2D eigenvalue weighted by Crippen LogP contribution is -2.36. The lowest BCUT2D eigenvalue weighted by Gasteiger charge is -2.34. The van der Waals surface area contributed by atoms with Crippen LogP contribution in [0.25, 0.3) is 0 Å². The maximum Gasteiger partial charge on any atom is 0.243 e. The molecule has 3 aromatic rings. The Hall–Kier alpha value is -3.77. The van der Waals surface area contributed by atoms with Crippen molar-refractivity contribution < 1.29 is 27.8 Å². The molecule has 0 fully saturated rings. The fourth-order valence-corrected chi connectivity index (χ4v) is 5.31. The van der Waals surface area contributed by atoms with E-state index in [4.69, 9.17) is 9.47 Å².